The molecule has 0 fully saturated rings. The third-order valence-electron chi connectivity index (χ3n) is 3.74. The van der Waals surface area contributed by atoms with Crippen molar-refractivity contribution in [2.45, 2.75) is 59.1 Å². The summed E-state index contributed by atoms with van der Waals surface area (Å²) >= 11 is 0. The average Bonchev–Trinajstić information content (AvgIpc) is 2.78. The maximum Gasteiger partial charge on any atom is 0.412 e. The van der Waals surface area contributed by atoms with Crippen LogP contribution in [0.1, 0.15) is 58.2 Å². The van der Waals surface area contributed by atoms with Gasteiger partial charge in [-0.15, -0.1) is 0 Å². The summed E-state index contributed by atoms with van der Waals surface area (Å²) in [5.74, 6) is 0. The van der Waals surface area contributed by atoms with Crippen LogP contribution in [0.4, 0.5) is 10.5 Å². The highest BCUT2D eigenvalue weighted by Gasteiger charge is 2.22. The molecule has 0 aliphatic heterocycles. The van der Waals surface area contributed by atoms with Gasteiger partial charge in [0, 0.05) is 18.3 Å². The largest absolute Gasteiger partial charge is 0.444 e. The lowest BCUT2D eigenvalue weighted by molar-refractivity contribution is 0.0636. The lowest BCUT2D eigenvalue weighted by Crippen LogP contribution is -2.27. The van der Waals surface area contributed by atoms with Crippen LogP contribution in [-0.2, 0) is 11.2 Å². The van der Waals surface area contributed by atoms with Gasteiger partial charge in [-0.3, -0.25) is 5.32 Å². The maximum atomic E-state index is 11.8. The fourth-order valence-electron chi connectivity index (χ4n) is 2.73. The summed E-state index contributed by atoms with van der Waals surface area (Å²) < 4.78 is 5.29. The molecule has 0 saturated carbocycles. The molecule has 4 heteroatoms. The van der Waals surface area contributed by atoms with Crippen LogP contribution in [0.25, 0.3) is 0 Å². The quantitative estimate of drug-likeness (QED) is 0.800. The Morgan fingerprint density at radius 1 is 1.35 bits per heavy atom. The van der Waals surface area contributed by atoms with Crippen molar-refractivity contribution in [1.29, 1.82) is 0 Å². The lowest BCUT2D eigenvalue weighted by atomic mass is 10.1. The zero-order chi connectivity index (χ0) is 17.0. The second-order valence-electron chi connectivity index (χ2n) is 7.32. The number of hydrogen-bond donors (Lipinski definition) is 2. The van der Waals surface area contributed by atoms with Crippen molar-refractivity contribution in [3.05, 3.63) is 41.0 Å². The van der Waals surface area contributed by atoms with Crippen molar-refractivity contribution in [1.82, 2.24) is 5.32 Å². The van der Waals surface area contributed by atoms with Crippen molar-refractivity contribution < 1.29 is 9.53 Å². The second kappa shape index (κ2) is 7.18. The molecule has 0 bridgehead atoms. The van der Waals surface area contributed by atoms with Gasteiger partial charge in [0.25, 0.3) is 0 Å². The van der Waals surface area contributed by atoms with Crippen LogP contribution in [-0.4, -0.2) is 18.2 Å². The number of ether oxygens (including phenoxy) is 1. The molecule has 1 unspecified atom stereocenters. The highest BCUT2D eigenvalue weighted by atomic mass is 16.6. The van der Waals surface area contributed by atoms with E-state index in [1.54, 1.807) is 0 Å². The van der Waals surface area contributed by atoms with E-state index in [-0.39, 0.29) is 0 Å². The molecule has 1 aliphatic rings. The predicted octanol–water partition coefficient (Wildman–Crippen LogP) is 4.58. The number of rotatable bonds is 4. The molecule has 1 atom stereocenters. The Labute approximate surface area is 139 Å². The molecule has 0 saturated heterocycles. The summed E-state index contributed by atoms with van der Waals surface area (Å²) in [5.41, 5.74) is 4.27. The van der Waals surface area contributed by atoms with Crippen LogP contribution in [0.3, 0.4) is 0 Å². The molecule has 2 rings (SSSR count). The van der Waals surface area contributed by atoms with Crippen molar-refractivity contribution in [3.63, 3.8) is 0 Å². The molecular formula is C19H28N2O2. The lowest BCUT2D eigenvalue weighted by Gasteiger charge is -2.20. The van der Waals surface area contributed by atoms with Crippen molar-refractivity contribution in [3.8, 4) is 0 Å². The Balaban J connectivity index is 1.98. The van der Waals surface area contributed by atoms with Crippen molar-refractivity contribution in [2.24, 2.45) is 0 Å². The zero-order valence-corrected chi connectivity index (χ0v) is 14.8. The summed E-state index contributed by atoms with van der Waals surface area (Å²) in [6.07, 6.45) is 3.93. The molecule has 1 aromatic rings. The highest BCUT2D eigenvalue weighted by molar-refractivity contribution is 5.85. The van der Waals surface area contributed by atoms with E-state index in [1.165, 1.54) is 16.7 Å². The van der Waals surface area contributed by atoms with E-state index in [9.17, 15) is 4.79 Å². The second-order valence-corrected chi connectivity index (χ2v) is 7.32. The number of hydrogen-bond acceptors (Lipinski definition) is 3. The van der Waals surface area contributed by atoms with Crippen LogP contribution in [0.15, 0.2) is 29.8 Å². The third-order valence-corrected chi connectivity index (χ3v) is 3.74. The number of allylic oxidation sites excluding steroid dienone is 1. The molecule has 23 heavy (non-hydrogen) atoms. The summed E-state index contributed by atoms with van der Waals surface area (Å²) in [5, 5.41) is 6.38. The van der Waals surface area contributed by atoms with Crippen molar-refractivity contribution in [2.75, 3.05) is 11.9 Å². The van der Waals surface area contributed by atoms with Crippen LogP contribution in [0.5, 0.6) is 0 Å². The monoisotopic (exact) mass is 316 g/mol. The van der Waals surface area contributed by atoms with Gasteiger partial charge in [0.15, 0.2) is 0 Å². The summed E-state index contributed by atoms with van der Waals surface area (Å²) in [4.78, 5) is 11.8. The summed E-state index contributed by atoms with van der Waals surface area (Å²) in [7, 11) is 0. The Kier molecular flexibility index (Phi) is 5.47. The van der Waals surface area contributed by atoms with E-state index < -0.39 is 11.7 Å². The maximum absolute atomic E-state index is 11.8. The van der Waals surface area contributed by atoms with Gasteiger partial charge in [-0.2, -0.15) is 0 Å². The van der Waals surface area contributed by atoms with E-state index >= 15 is 0 Å². The number of carbonyl (C=O) groups excluding carboxylic acids is 1. The Morgan fingerprint density at radius 3 is 2.74 bits per heavy atom. The zero-order valence-electron chi connectivity index (χ0n) is 14.8. The molecule has 1 aromatic carbocycles. The first-order valence-corrected chi connectivity index (χ1v) is 8.24. The van der Waals surface area contributed by atoms with Gasteiger partial charge in [-0.1, -0.05) is 17.7 Å². The number of amides is 1. The topological polar surface area (TPSA) is 50.4 Å². The molecule has 0 radical (unpaired) electrons. The Morgan fingerprint density at radius 2 is 2.09 bits per heavy atom. The van der Waals surface area contributed by atoms with Crippen LogP contribution >= 0.6 is 0 Å². The molecule has 1 amide bonds. The first-order chi connectivity index (χ1) is 10.7. The average molecular weight is 316 g/mol. The number of nitrogens with one attached hydrogen (secondary N) is 2. The van der Waals surface area contributed by atoms with E-state index in [1.807, 2.05) is 26.8 Å². The van der Waals surface area contributed by atoms with Gasteiger partial charge in [-0.25, -0.2) is 4.79 Å². The number of aryl methyl sites for hydroxylation is 1. The van der Waals surface area contributed by atoms with Crippen LogP contribution < -0.4 is 10.6 Å². The molecular weight excluding hydrogens is 288 g/mol. The smallest absolute Gasteiger partial charge is 0.412 e. The van der Waals surface area contributed by atoms with Crippen molar-refractivity contribution >= 4 is 11.8 Å². The normalized spacial score (nSPS) is 16.7. The van der Waals surface area contributed by atoms with Gasteiger partial charge in [0.2, 0.25) is 0 Å². The molecule has 126 valence electrons. The molecule has 0 aromatic heterocycles. The minimum absolute atomic E-state index is 0.399. The van der Waals surface area contributed by atoms with E-state index in [4.69, 9.17) is 4.74 Å². The van der Waals surface area contributed by atoms with E-state index in [0.717, 1.165) is 25.1 Å². The number of fused-ring (bicyclic) bond motifs is 1. The van der Waals surface area contributed by atoms with E-state index in [2.05, 4.69) is 42.7 Å². The summed E-state index contributed by atoms with van der Waals surface area (Å²) in [6, 6.07) is 6.51. The summed E-state index contributed by atoms with van der Waals surface area (Å²) in [6.45, 7) is 10.7. The fraction of sp³-hybridized carbons (Fsp3) is 0.526. The third kappa shape index (κ3) is 5.39. The standard InChI is InChI=1S/C19H28N2O2/c1-13(2)10-11-20-17-9-6-14-12-15(7-8-16(14)17)21-18(22)23-19(3,4)5/h7-8,10,12,17,20H,6,9,11H2,1-5H3,(H,21,22). The van der Waals surface area contributed by atoms with Gasteiger partial charge in [0.1, 0.15) is 5.60 Å². The minimum atomic E-state index is -0.485. The molecule has 4 nitrogen and oxygen atoms in total. The number of anilines is 1. The van der Waals surface area contributed by atoms with Gasteiger partial charge in [0.05, 0.1) is 0 Å². The Bertz CT molecular complexity index is 596. The number of carbonyl (C=O) groups is 1. The first-order valence-electron chi connectivity index (χ1n) is 8.24. The first kappa shape index (κ1) is 17.5. The Hall–Kier alpha value is -1.81. The molecule has 0 spiro atoms. The molecule has 2 N–H and O–H groups in total. The van der Waals surface area contributed by atoms with Crippen LogP contribution in [0.2, 0.25) is 0 Å². The fourth-order valence-corrected chi connectivity index (χ4v) is 2.73. The predicted molar refractivity (Wildman–Crippen MR) is 94.8 cm³/mol. The van der Waals surface area contributed by atoms with E-state index in [0.29, 0.717) is 6.04 Å². The minimum Gasteiger partial charge on any atom is -0.444 e. The molecule has 0 heterocycles. The highest BCUT2D eigenvalue weighted by Crippen LogP contribution is 2.33. The SMILES string of the molecule is CC(C)=CCNC1CCc2cc(NC(=O)OC(C)(C)C)ccc21. The van der Waals surface area contributed by atoms with Gasteiger partial charge < -0.3 is 10.1 Å². The van der Waals surface area contributed by atoms with Gasteiger partial charge in [-0.05, 0) is 70.7 Å². The number of benzene rings is 1. The van der Waals surface area contributed by atoms with Gasteiger partial charge >= 0.3 is 6.09 Å². The molecule has 1 aliphatic carbocycles. The van der Waals surface area contributed by atoms with Crippen LogP contribution in [0, 0.1) is 0 Å².